The Morgan fingerprint density at radius 1 is 1.56 bits per heavy atom. The molecule has 2 nitrogen and oxygen atoms in total. The SMILES string of the molecule is NC(=S)c1ccc(NC2CCSC2)cc1F. The monoisotopic (exact) mass is 256 g/mol. The molecule has 1 aliphatic heterocycles. The summed E-state index contributed by atoms with van der Waals surface area (Å²) in [6, 6.07) is 5.35. The van der Waals surface area contributed by atoms with Gasteiger partial charge in [0.1, 0.15) is 10.8 Å². The van der Waals surface area contributed by atoms with Gasteiger partial charge < -0.3 is 11.1 Å². The molecule has 5 heteroatoms. The Kier molecular flexibility index (Phi) is 3.66. The second kappa shape index (κ2) is 5.01. The van der Waals surface area contributed by atoms with E-state index in [1.165, 1.54) is 11.8 Å². The number of nitrogens with one attached hydrogen (secondary N) is 1. The molecule has 0 saturated carbocycles. The zero-order valence-corrected chi connectivity index (χ0v) is 10.3. The Labute approximate surface area is 104 Å². The number of anilines is 1. The van der Waals surface area contributed by atoms with Crippen LogP contribution >= 0.6 is 24.0 Å². The van der Waals surface area contributed by atoms with Gasteiger partial charge in [-0.1, -0.05) is 12.2 Å². The highest BCUT2D eigenvalue weighted by Gasteiger charge is 2.15. The lowest BCUT2D eigenvalue weighted by molar-refractivity contribution is 0.625. The van der Waals surface area contributed by atoms with Crippen molar-refractivity contribution >= 4 is 34.7 Å². The molecule has 86 valence electrons. The molecule has 16 heavy (non-hydrogen) atoms. The zero-order valence-electron chi connectivity index (χ0n) is 8.70. The van der Waals surface area contributed by atoms with E-state index in [-0.39, 0.29) is 10.8 Å². The number of thiocarbonyl (C=S) groups is 1. The van der Waals surface area contributed by atoms with Gasteiger partial charge in [0.25, 0.3) is 0 Å². The van der Waals surface area contributed by atoms with Gasteiger partial charge in [-0.25, -0.2) is 4.39 Å². The van der Waals surface area contributed by atoms with Crippen LogP contribution in [-0.2, 0) is 0 Å². The van der Waals surface area contributed by atoms with Crippen molar-refractivity contribution in [2.45, 2.75) is 12.5 Å². The van der Waals surface area contributed by atoms with E-state index in [1.807, 2.05) is 17.8 Å². The molecule has 1 heterocycles. The zero-order chi connectivity index (χ0) is 11.5. The molecule has 0 aliphatic carbocycles. The van der Waals surface area contributed by atoms with Crippen LogP contribution in [-0.4, -0.2) is 22.5 Å². The summed E-state index contributed by atoms with van der Waals surface area (Å²) in [7, 11) is 0. The fourth-order valence-corrected chi connectivity index (χ4v) is 3.01. The van der Waals surface area contributed by atoms with E-state index in [0.717, 1.165) is 17.9 Å². The van der Waals surface area contributed by atoms with Crippen molar-refractivity contribution in [3.63, 3.8) is 0 Å². The number of rotatable bonds is 3. The van der Waals surface area contributed by atoms with Crippen LogP contribution < -0.4 is 11.1 Å². The van der Waals surface area contributed by atoms with Crippen molar-refractivity contribution in [3.8, 4) is 0 Å². The number of hydrogen-bond acceptors (Lipinski definition) is 3. The minimum Gasteiger partial charge on any atom is -0.389 e. The first kappa shape index (κ1) is 11.7. The van der Waals surface area contributed by atoms with Crippen LogP contribution in [0.2, 0.25) is 0 Å². The van der Waals surface area contributed by atoms with Crippen molar-refractivity contribution in [3.05, 3.63) is 29.6 Å². The molecule has 0 amide bonds. The predicted octanol–water partition coefficient (Wildman–Crippen LogP) is 2.38. The molecule has 1 unspecified atom stereocenters. The van der Waals surface area contributed by atoms with E-state index in [4.69, 9.17) is 18.0 Å². The van der Waals surface area contributed by atoms with Crippen LogP contribution in [0.25, 0.3) is 0 Å². The number of nitrogens with two attached hydrogens (primary N) is 1. The van der Waals surface area contributed by atoms with Gasteiger partial charge in [0.05, 0.1) is 0 Å². The minimum absolute atomic E-state index is 0.0977. The molecular weight excluding hydrogens is 243 g/mol. The molecule has 3 N–H and O–H groups in total. The third kappa shape index (κ3) is 2.65. The lowest BCUT2D eigenvalue weighted by Crippen LogP contribution is -2.18. The second-order valence-corrected chi connectivity index (χ2v) is 5.35. The Balaban J connectivity index is 2.11. The summed E-state index contributed by atoms with van der Waals surface area (Å²) in [5.74, 6) is 1.90. The van der Waals surface area contributed by atoms with Crippen LogP contribution in [0.4, 0.5) is 10.1 Å². The van der Waals surface area contributed by atoms with E-state index in [0.29, 0.717) is 11.6 Å². The molecule has 0 radical (unpaired) electrons. The van der Waals surface area contributed by atoms with Crippen molar-refractivity contribution in [1.82, 2.24) is 0 Å². The molecule has 0 spiro atoms. The third-order valence-corrected chi connectivity index (χ3v) is 3.92. The van der Waals surface area contributed by atoms with Crippen molar-refractivity contribution in [2.75, 3.05) is 16.8 Å². The van der Waals surface area contributed by atoms with Crippen molar-refractivity contribution < 1.29 is 4.39 Å². The third-order valence-electron chi connectivity index (χ3n) is 2.54. The standard InChI is InChI=1S/C11H13FN2S2/c12-10-5-7(1-2-9(10)11(13)15)14-8-3-4-16-6-8/h1-2,5,8,14H,3-4,6H2,(H2,13,15). The molecule has 0 bridgehead atoms. The molecular formula is C11H13FN2S2. The lowest BCUT2D eigenvalue weighted by atomic mass is 10.1. The maximum atomic E-state index is 13.6. The van der Waals surface area contributed by atoms with Crippen LogP contribution in [0.3, 0.4) is 0 Å². The first-order valence-corrected chi connectivity index (χ1v) is 6.67. The molecule has 1 aromatic rings. The van der Waals surface area contributed by atoms with Crippen molar-refractivity contribution in [1.29, 1.82) is 0 Å². The average Bonchev–Trinajstić information content (AvgIpc) is 2.70. The molecule has 2 rings (SSSR count). The fraction of sp³-hybridized carbons (Fsp3) is 0.364. The average molecular weight is 256 g/mol. The normalized spacial score (nSPS) is 19.7. The molecule has 0 aromatic heterocycles. The number of hydrogen-bond donors (Lipinski definition) is 2. The van der Waals surface area contributed by atoms with Crippen LogP contribution in [0.5, 0.6) is 0 Å². The molecule has 1 aromatic carbocycles. The number of thioether (sulfide) groups is 1. The fourth-order valence-electron chi connectivity index (χ4n) is 1.69. The summed E-state index contributed by atoms with van der Waals surface area (Å²) in [4.78, 5) is 0.0977. The summed E-state index contributed by atoms with van der Waals surface area (Å²) >= 11 is 6.67. The lowest BCUT2D eigenvalue weighted by Gasteiger charge is -2.13. The molecule has 1 atom stereocenters. The van der Waals surface area contributed by atoms with E-state index in [1.54, 1.807) is 6.07 Å². The Morgan fingerprint density at radius 3 is 2.94 bits per heavy atom. The first-order valence-electron chi connectivity index (χ1n) is 5.10. The quantitative estimate of drug-likeness (QED) is 0.814. The van der Waals surface area contributed by atoms with Gasteiger partial charge in [-0.2, -0.15) is 11.8 Å². The largest absolute Gasteiger partial charge is 0.389 e. The topological polar surface area (TPSA) is 38.0 Å². The predicted molar refractivity (Wildman–Crippen MR) is 71.6 cm³/mol. The maximum Gasteiger partial charge on any atom is 0.135 e. The second-order valence-electron chi connectivity index (χ2n) is 3.76. The van der Waals surface area contributed by atoms with Gasteiger partial charge in [0, 0.05) is 23.0 Å². The Hall–Kier alpha value is -0.810. The summed E-state index contributed by atoms with van der Waals surface area (Å²) in [5.41, 5.74) is 6.50. The van der Waals surface area contributed by atoms with Gasteiger partial charge in [-0.15, -0.1) is 0 Å². The summed E-state index contributed by atoms with van der Waals surface area (Å²) in [6.07, 6.45) is 1.13. The van der Waals surface area contributed by atoms with E-state index >= 15 is 0 Å². The molecule has 1 saturated heterocycles. The smallest absolute Gasteiger partial charge is 0.135 e. The summed E-state index contributed by atoms with van der Waals surface area (Å²) < 4.78 is 13.6. The minimum atomic E-state index is -0.358. The highest BCUT2D eigenvalue weighted by atomic mass is 32.2. The molecule has 1 fully saturated rings. The van der Waals surface area contributed by atoms with Gasteiger partial charge in [0.15, 0.2) is 0 Å². The van der Waals surface area contributed by atoms with Crippen LogP contribution in [0, 0.1) is 5.82 Å². The maximum absolute atomic E-state index is 13.6. The van der Waals surface area contributed by atoms with Gasteiger partial charge >= 0.3 is 0 Å². The van der Waals surface area contributed by atoms with Crippen LogP contribution in [0.1, 0.15) is 12.0 Å². The van der Waals surface area contributed by atoms with E-state index in [2.05, 4.69) is 5.32 Å². The van der Waals surface area contributed by atoms with Gasteiger partial charge in [-0.05, 0) is 30.4 Å². The number of benzene rings is 1. The summed E-state index contributed by atoms with van der Waals surface area (Å²) in [5, 5.41) is 3.30. The van der Waals surface area contributed by atoms with Gasteiger partial charge in [0.2, 0.25) is 0 Å². The highest BCUT2D eigenvalue weighted by molar-refractivity contribution is 7.99. The van der Waals surface area contributed by atoms with Gasteiger partial charge in [-0.3, -0.25) is 0 Å². The van der Waals surface area contributed by atoms with Crippen LogP contribution in [0.15, 0.2) is 18.2 Å². The highest BCUT2D eigenvalue weighted by Crippen LogP contribution is 2.22. The Bertz CT molecular complexity index is 403. The summed E-state index contributed by atoms with van der Waals surface area (Å²) in [6.45, 7) is 0. The Morgan fingerprint density at radius 2 is 2.38 bits per heavy atom. The first-order chi connectivity index (χ1) is 7.66. The molecule has 1 aliphatic rings. The van der Waals surface area contributed by atoms with Crippen molar-refractivity contribution in [2.24, 2.45) is 5.73 Å². The van der Waals surface area contributed by atoms with E-state index < -0.39 is 0 Å². The van der Waals surface area contributed by atoms with E-state index in [9.17, 15) is 4.39 Å². The number of halogens is 1.